The van der Waals surface area contributed by atoms with Crippen LogP contribution in [0.15, 0.2) is 42.5 Å². The molecule has 0 aliphatic carbocycles. The Morgan fingerprint density at radius 3 is 2.24 bits per heavy atom. The fraction of sp³-hybridized carbons (Fsp3) is 0.0588. The van der Waals surface area contributed by atoms with Gasteiger partial charge >= 0.3 is 11.9 Å². The molecule has 3 rings (SSSR count). The summed E-state index contributed by atoms with van der Waals surface area (Å²) in [6.07, 6.45) is 0. The van der Waals surface area contributed by atoms with Gasteiger partial charge in [0.05, 0.1) is 11.1 Å². The van der Waals surface area contributed by atoms with Gasteiger partial charge in [-0.05, 0) is 35.2 Å². The van der Waals surface area contributed by atoms with Crippen molar-refractivity contribution in [1.29, 1.82) is 0 Å². The average Bonchev–Trinajstić information content (AvgIpc) is 2.45. The van der Waals surface area contributed by atoms with Crippen LogP contribution in [0, 0.1) is 6.92 Å². The van der Waals surface area contributed by atoms with Gasteiger partial charge in [-0.1, -0.05) is 35.9 Å². The van der Waals surface area contributed by atoms with Gasteiger partial charge in [-0.2, -0.15) is 0 Å². The molecule has 0 aliphatic heterocycles. The van der Waals surface area contributed by atoms with Crippen molar-refractivity contribution in [2.45, 2.75) is 6.92 Å². The molecule has 0 heterocycles. The molecular weight excluding hydrogens is 268 g/mol. The number of aryl methyl sites for hydroxylation is 1. The van der Waals surface area contributed by atoms with Crippen molar-refractivity contribution in [2.75, 3.05) is 0 Å². The van der Waals surface area contributed by atoms with E-state index in [1.807, 2.05) is 25.1 Å². The van der Waals surface area contributed by atoms with Gasteiger partial charge in [0.1, 0.15) is 0 Å². The van der Waals surface area contributed by atoms with Gasteiger partial charge in [-0.3, -0.25) is 0 Å². The molecule has 2 N–H and O–H groups in total. The number of rotatable bonds is 2. The Balaban J connectivity index is 2.62. The largest absolute Gasteiger partial charge is 0.478 e. The number of aromatic carboxylic acids is 2. The third kappa shape index (κ3) is 2.01. The number of carbonyl (C=O) groups is 2. The SMILES string of the molecule is Cc1ccc2cc(C(=O)O)c3c(C(=O)O)cccc3c2c1. The number of carboxylic acids is 2. The van der Waals surface area contributed by atoms with Crippen LogP contribution in [0.4, 0.5) is 0 Å². The highest BCUT2D eigenvalue weighted by Gasteiger charge is 2.18. The second-order valence-corrected chi connectivity index (χ2v) is 4.99. The van der Waals surface area contributed by atoms with E-state index >= 15 is 0 Å². The molecule has 0 aliphatic rings. The van der Waals surface area contributed by atoms with Crippen molar-refractivity contribution >= 4 is 33.5 Å². The van der Waals surface area contributed by atoms with E-state index in [1.54, 1.807) is 12.1 Å². The molecule has 0 spiro atoms. The van der Waals surface area contributed by atoms with Crippen LogP contribution < -0.4 is 0 Å². The van der Waals surface area contributed by atoms with Crippen molar-refractivity contribution in [2.24, 2.45) is 0 Å². The second-order valence-electron chi connectivity index (χ2n) is 4.99. The number of carboxylic acid groups (broad SMARTS) is 2. The molecule has 0 saturated carbocycles. The molecule has 0 radical (unpaired) electrons. The molecule has 3 aromatic carbocycles. The lowest BCUT2D eigenvalue weighted by Gasteiger charge is -2.11. The van der Waals surface area contributed by atoms with Gasteiger partial charge in [0, 0.05) is 5.39 Å². The average molecular weight is 280 g/mol. The summed E-state index contributed by atoms with van der Waals surface area (Å²) in [6, 6.07) is 12.1. The van der Waals surface area contributed by atoms with Crippen LogP contribution in [0.5, 0.6) is 0 Å². The summed E-state index contributed by atoms with van der Waals surface area (Å²) in [6.45, 7) is 1.94. The van der Waals surface area contributed by atoms with Crippen LogP contribution in [0.3, 0.4) is 0 Å². The molecule has 0 unspecified atom stereocenters. The van der Waals surface area contributed by atoms with Gasteiger partial charge in [-0.15, -0.1) is 0 Å². The van der Waals surface area contributed by atoms with Crippen LogP contribution >= 0.6 is 0 Å². The first kappa shape index (κ1) is 13.1. The minimum Gasteiger partial charge on any atom is -0.478 e. The minimum atomic E-state index is -1.13. The Labute approximate surface area is 120 Å². The van der Waals surface area contributed by atoms with E-state index in [0.29, 0.717) is 5.39 Å². The Morgan fingerprint density at radius 2 is 1.57 bits per heavy atom. The molecule has 0 bridgehead atoms. The van der Waals surface area contributed by atoms with Crippen LogP contribution in [0.25, 0.3) is 21.5 Å². The van der Waals surface area contributed by atoms with Crippen LogP contribution in [-0.4, -0.2) is 22.2 Å². The van der Waals surface area contributed by atoms with E-state index < -0.39 is 11.9 Å². The zero-order chi connectivity index (χ0) is 15.1. The molecule has 4 heteroatoms. The molecule has 104 valence electrons. The topological polar surface area (TPSA) is 74.6 Å². The second kappa shape index (κ2) is 4.59. The van der Waals surface area contributed by atoms with Gasteiger partial charge in [0.2, 0.25) is 0 Å². The Bertz CT molecular complexity index is 909. The standard InChI is InChI=1S/C17H12O4/c1-9-5-6-10-8-14(17(20)21)15-11(13(10)7-9)3-2-4-12(15)16(18)19/h2-8H,1H3,(H,18,19)(H,20,21). The zero-order valence-corrected chi connectivity index (χ0v) is 11.3. The quantitative estimate of drug-likeness (QED) is 0.702. The first-order valence-electron chi connectivity index (χ1n) is 6.41. The monoisotopic (exact) mass is 280 g/mol. The lowest BCUT2D eigenvalue weighted by Crippen LogP contribution is -2.04. The van der Waals surface area contributed by atoms with Gasteiger partial charge in [0.25, 0.3) is 0 Å². The van der Waals surface area contributed by atoms with Gasteiger partial charge < -0.3 is 10.2 Å². The molecule has 0 aromatic heterocycles. The van der Waals surface area contributed by atoms with E-state index in [2.05, 4.69) is 0 Å². The highest BCUT2D eigenvalue weighted by molar-refractivity contribution is 6.20. The maximum absolute atomic E-state index is 11.5. The normalized spacial score (nSPS) is 10.9. The summed E-state index contributed by atoms with van der Waals surface area (Å²) in [7, 11) is 0. The third-order valence-corrected chi connectivity index (χ3v) is 3.59. The highest BCUT2D eigenvalue weighted by atomic mass is 16.4. The van der Waals surface area contributed by atoms with Crippen molar-refractivity contribution in [3.63, 3.8) is 0 Å². The van der Waals surface area contributed by atoms with Crippen LogP contribution in [0.2, 0.25) is 0 Å². The molecule has 21 heavy (non-hydrogen) atoms. The number of hydrogen-bond acceptors (Lipinski definition) is 2. The Morgan fingerprint density at radius 1 is 0.857 bits per heavy atom. The van der Waals surface area contributed by atoms with Crippen LogP contribution in [-0.2, 0) is 0 Å². The summed E-state index contributed by atoms with van der Waals surface area (Å²) in [4.78, 5) is 22.9. The molecule has 4 nitrogen and oxygen atoms in total. The Kier molecular flexibility index (Phi) is 2.87. The minimum absolute atomic E-state index is 0.00769. The molecule has 0 fully saturated rings. The first-order chi connectivity index (χ1) is 9.99. The van der Waals surface area contributed by atoms with Crippen molar-refractivity contribution in [3.05, 3.63) is 59.2 Å². The summed E-state index contributed by atoms with van der Waals surface area (Å²) in [5, 5.41) is 21.3. The number of hydrogen-bond donors (Lipinski definition) is 2. The Hall–Kier alpha value is -2.88. The molecule has 3 aromatic rings. The van der Waals surface area contributed by atoms with Crippen LogP contribution in [0.1, 0.15) is 26.3 Å². The molecule has 0 amide bonds. The number of fused-ring (bicyclic) bond motifs is 3. The van der Waals surface area contributed by atoms with Crippen molar-refractivity contribution < 1.29 is 19.8 Å². The summed E-state index contributed by atoms with van der Waals surface area (Å²) >= 11 is 0. The van der Waals surface area contributed by atoms with E-state index in [0.717, 1.165) is 16.3 Å². The third-order valence-electron chi connectivity index (χ3n) is 3.59. The van der Waals surface area contributed by atoms with Crippen molar-refractivity contribution in [3.8, 4) is 0 Å². The predicted molar refractivity (Wildman–Crippen MR) is 80.1 cm³/mol. The lowest BCUT2D eigenvalue weighted by molar-refractivity contribution is 0.0695. The van der Waals surface area contributed by atoms with E-state index in [1.165, 1.54) is 12.1 Å². The highest BCUT2D eigenvalue weighted by Crippen LogP contribution is 2.32. The van der Waals surface area contributed by atoms with Gasteiger partial charge in [-0.25, -0.2) is 9.59 Å². The lowest BCUT2D eigenvalue weighted by atomic mass is 9.93. The molecule has 0 atom stereocenters. The number of benzene rings is 3. The maximum Gasteiger partial charge on any atom is 0.336 e. The summed E-state index contributed by atoms with van der Waals surface area (Å²) < 4.78 is 0. The predicted octanol–water partition coefficient (Wildman–Crippen LogP) is 3.70. The maximum atomic E-state index is 11.5. The van der Waals surface area contributed by atoms with Gasteiger partial charge in [0.15, 0.2) is 0 Å². The van der Waals surface area contributed by atoms with Crippen molar-refractivity contribution in [1.82, 2.24) is 0 Å². The fourth-order valence-corrected chi connectivity index (χ4v) is 2.67. The molecular formula is C17H12O4. The summed E-state index contributed by atoms with van der Waals surface area (Å²) in [5.74, 6) is -2.26. The smallest absolute Gasteiger partial charge is 0.336 e. The molecule has 0 saturated heterocycles. The fourth-order valence-electron chi connectivity index (χ4n) is 2.67. The van der Waals surface area contributed by atoms with E-state index in [9.17, 15) is 19.8 Å². The summed E-state index contributed by atoms with van der Waals surface area (Å²) in [5.41, 5.74) is 1.06. The zero-order valence-electron chi connectivity index (χ0n) is 11.3. The van der Waals surface area contributed by atoms with E-state index in [-0.39, 0.29) is 16.5 Å². The first-order valence-corrected chi connectivity index (χ1v) is 6.41. The van der Waals surface area contributed by atoms with E-state index in [4.69, 9.17) is 0 Å².